The third kappa shape index (κ3) is 3.39. The molecule has 7 nitrogen and oxygen atoms in total. The quantitative estimate of drug-likeness (QED) is 0.637. The molecule has 0 aliphatic rings. The zero-order chi connectivity index (χ0) is 13.9. The fourth-order valence-corrected chi connectivity index (χ4v) is 1.64. The molecule has 2 atom stereocenters. The van der Waals surface area contributed by atoms with Gasteiger partial charge in [0.25, 0.3) is 5.69 Å². The Balaban J connectivity index is 2.86. The van der Waals surface area contributed by atoms with Crippen LogP contribution in [0.15, 0.2) is 16.7 Å². The van der Waals surface area contributed by atoms with Crippen LogP contribution in [-0.2, 0) is 4.79 Å². The first-order valence-corrected chi connectivity index (χ1v) is 5.91. The van der Waals surface area contributed by atoms with Crippen molar-refractivity contribution >= 4 is 33.4 Å². The van der Waals surface area contributed by atoms with E-state index >= 15 is 0 Å². The molecule has 8 heteroatoms. The molecule has 0 bridgehead atoms. The minimum absolute atomic E-state index is 0.133. The van der Waals surface area contributed by atoms with E-state index in [1.165, 1.54) is 6.07 Å². The SMILES string of the molecule is CC(Nc1ncc([N+](=O)[O-])cc1Br)C(C)C(=O)O. The predicted molar refractivity (Wildman–Crippen MR) is 68.5 cm³/mol. The second-order valence-corrected chi connectivity index (χ2v) is 4.70. The molecule has 2 N–H and O–H groups in total. The van der Waals surface area contributed by atoms with Crippen LogP contribution in [0.25, 0.3) is 0 Å². The lowest BCUT2D eigenvalue weighted by Gasteiger charge is -2.18. The van der Waals surface area contributed by atoms with Crippen molar-refractivity contribution in [2.24, 2.45) is 5.92 Å². The number of anilines is 1. The Kier molecular flexibility index (Phi) is 4.60. The lowest BCUT2D eigenvalue weighted by Crippen LogP contribution is -2.30. The van der Waals surface area contributed by atoms with Crippen LogP contribution >= 0.6 is 15.9 Å². The number of nitrogens with zero attached hydrogens (tertiary/aromatic N) is 2. The summed E-state index contributed by atoms with van der Waals surface area (Å²) in [4.78, 5) is 24.7. The van der Waals surface area contributed by atoms with Gasteiger partial charge < -0.3 is 10.4 Å². The van der Waals surface area contributed by atoms with E-state index in [0.29, 0.717) is 10.3 Å². The number of aromatic nitrogens is 1. The maximum Gasteiger partial charge on any atom is 0.308 e. The van der Waals surface area contributed by atoms with Gasteiger partial charge in [-0.15, -0.1) is 0 Å². The van der Waals surface area contributed by atoms with E-state index in [4.69, 9.17) is 5.11 Å². The van der Waals surface area contributed by atoms with E-state index in [1.54, 1.807) is 13.8 Å². The smallest absolute Gasteiger partial charge is 0.308 e. The minimum atomic E-state index is -0.923. The number of halogens is 1. The Bertz CT molecular complexity index is 480. The van der Waals surface area contributed by atoms with E-state index in [9.17, 15) is 14.9 Å². The van der Waals surface area contributed by atoms with Gasteiger partial charge in [-0.25, -0.2) is 4.98 Å². The third-order valence-electron chi connectivity index (χ3n) is 2.54. The van der Waals surface area contributed by atoms with Crippen molar-refractivity contribution in [3.05, 3.63) is 26.9 Å². The zero-order valence-electron chi connectivity index (χ0n) is 9.75. The van der Waals surface area contributed by atoms with Crippen molar-refractivity contribution in [3.63, 3.8) is 0 Å². The van der Waals surface area contributed by atoms with Crippen LogP contribution in [0.4, 0.5) is 11.5 Å². The van der Waals surface area contributed by atoms with Gasteiger partial charge in [0.15, 0.2) is 0 Å². The summed E-state index contributed by atoms with van der Waals surface area (Å²) in [6, 6.07) is 0.959. The molecule has 0 amide bonds. The molecule has 0 aromatic carbocycles. The zero-order valence-corrected chi connectivity index (χ0v) is 11.3. The van der Waals surface area contributed by atoms with Gasteiger partial charge in [-0.05, 0) is 29.8 Å². The molecule has 98 valence electrons. The van der Waals surface area contributed by atoms with Crippen molar-refractivity contribution in [1.82, 2.24) is 4.98 Å². The fraction of sp³-hybridized carbons (Fsp3) is 0.400. The molecule has 0 radical (unpaired) electrons. The van der Waals surface area contributed by atoms with E-state index in [2.05, 4.69) is 26.2 Å². The molecule has 2 unspecified atom stereocenters. The number of aliphatic carboxylic acids is 1. The highest BCUT2D eigenvalue weighted by atomic mass is 79.9. The largest absolute Gasteiger partial charge is 0.481 e. The Morgan fingerprint density at radius 3 is 2.67 bits per heavy atom. The first-order valence-electron chi connectivity index (χ1n) is 5.12. The number of carbonyl (C=O) groups is 1. The average Bonchev–Trinajstić information content (AvgIpc) is 2.30. The number of hydrogen-bond donors (Lipinski definition) is 2. The summed E-state index contributed by atoms with van der Waals surface area (Å²) in [5.74, 6) is -1.15. The van der Waals surface area contributed by atoms with E-state index in [0.717, 1.165) is 6.20 Å². The Morgan fingerprint density at radius 2 is 2.22 bits per heavy atom. The molecule has 0 saturated heterocycles. The summed E-state index contributed by atoms with van der Waals surface area (Å²) < 4.78 is 0.418. The van der Waals surface area contributed by atoms with Gasteiger partial charge >= 0.3 is 5.97 Å². The number of hydrogen-bond acceptors (Lipinski definition) is 5. The summed E-state index contributed by atoms with van der Waals surface area (Å²) in [5.41, 5.74) is -0.133. The van der Waals surface area contributed by atoms with Crippen molar-refractivity contribution < 1.29 is 14.8 Å². The summed E-state index contributed by atoms with van der Waals surface area (Å²) in [7, 11) is 0. The highest BCUT2D eigenvalue weighted by molar-refractivity contribution is 9.10. The number of carboxylic acid groups (broad SMARTS) is 1. The maximum atomic E-state index is 10.8. The molecule has 1 aromatic rings. The number of pyridine rings is 1. The molecular weight excluding hydrogens is 306 g/mol. The van der Waals surface area contributed by atoms with Crippen molar-refractivity contribution in [2.75, 3.05) is 5.32 Å². The second kappa shape index (κ2) is 5.76. The summed E-state index contributed by atoms with van der Waals surface area (Å²) >= 11 is 3.15. The second-order valence-electron chi connectivity index (χ2n) is 3.84. The normalized spacial score (nSPS) is 13.7. The van der Waals surface area contributed by atoms with E-state index in [-0.39, 0.29) is 11.7 Å². The summed E-state index contributed by atoms with van der Waals surface area (Å²) in [5, 5.41) is 22.3. The van der Waals surface area contributed by atoms with Gasteiger partial charge in [0, 0.05) is 12.1 Å². The van der Waals surface area contributed by atoms with E-state index in [1.807, 2.05) is 0 Å². The van der Waals surface area contributed by atoms with Crippen LogP contribution in [0.1, 0.15) is 13.8 Å². The third-order valence-corrected chi connectivity index (χ3v) is 3.15. The van der Waals surface area contributed by atoms with E-state index < -0.39 is 16.8 Å². The minimum Gasteiger partial charge on any atom is -0.481 e. The van der Waals surface area contributed by atoms with Crippen LogP contribution < -0.4 is 5.32 Å². The molecule has 1 aromatic heterocycles. The molecule has 0 fully saturated rings. The maximum absolute atomic E-state index is 10.8. The fourth-order valence-electron chi connectivity index (χ4n) is 1.19. The topological polar surface area (TPSA) is 105 Å². The highest BCUT2D eigenvalue weighted by Gasteiger charge is 2.21. The standard InChI is InChI=1S/C10H12BrN3O4/c1-5(10(15)16)6(2)13-9-8(11)3-7(4-12-9)14(17)18/h3-6H,1-2H3,(H,12,13)(H,15,16). The average molecular weight is 318 g/mol. The molecule has 0 spiro atoms. The molecule has 1 rings (SSSR count). The van der Waals surface area contributed by atoms with Crippen LogP contribution in [0.2, 0.25) is 0 Å². The Labute approximate surface area is 112 Å². The van der Waals surface area contributed by atoms with Gasteiger partial charge in [-0.2, -0.15) is 0 Å². The van der Waals surface area contributed by atoms with Crippen molar-refractivity contribution in [1.29, 1.82) is 0 Å². The van der Waals surface area contributed by atoms with Gasteiger partial charge in [0.05, 0.1) is 15.3 Å². The Hall–Kier alpha value is -1.70. The molecule has 1 heterocycles. The first-order chi connectivity index (χ1) is 8.32. The van der Waals surface area contributed by atoms with Crippen molar-refractivity contribution in [3.8, 4) is 0 Å². The van der Waals surface area contributed by atoms with Gasteiger partial charge in [-0.1, -0.05) is 0 Å². The molecular formula is C10H12BrN3O4. The van der Waals surface area contributed by atoms with Crippen LogP contribution in [0.3, 0.4) is 0 Å². The number of carboxylic acids is 1. The van der Waals surface area contributed by atoms with Gasteiger partial charge in [-0.3, -0.25) is 14.9 Å². The van der Waals surface area contributed by atoms with Crippen LogP contribution in [0, 0.1) is 16.0 Å². The molecule has 18 heavy (non-hydrogen) atoms. The summed E-state index contributed by atoms with van der Waals surface area (Å²) in [6.45, 7) is 3.27. The monoisotopic (exact) mass is 317 g/mol. The molecule has 0 saturated carbocycles. The number of rotatable bonds is 5. The lowest BCUT2D eigenvalue weighted by molar-refractivity contribution is -0.385. The first kappa shape index (κ1) is 14.4. The lowest BCUT2D eigenvalue weighted by atomic mass is 10.0. The van der Waals surface area contributed by atoms with Crippen LogP contribution in [-0.4, -0.2) is 27.0 Å². The number of nitrogens with one attached hydrogen (secondary N) is 1. The predicted octanol–water partition coefficient (Wildman–Crippen LogP) is 2.27. The molecule has 0 aliphatic heterocycles. The number of nitro groups is 1. The van der Waals surface area contributed by atoms with Gasteiger partial charge in [0.1, 0.15) is 12.0 Å². The van der Waals surface area contributed by atoms with Crippen molar-refractivity contribution in [2.45, 2.75) is 19.9 Å². The summed E-state index contributed by atoms with van der Waals surface area (Å²) in [6.07, 6.45) is 1.12. The highest BCUT2D eigenvalue weighted by Crippen LogP contribution is 2.25. The Morgan fingerprint density at radius 1 is 1.61 bits per heavy atom. The van der Waals surface area contributed by atoms with Gasteiger partial charge in [0.2, 0.25) is 0 Å². The van der Waals surface area contributed by atoms with Crippen LogP contribution in [0.5, 0.6) is 0 Å². The molecule has 0 aliphatic carbocycles.